The van der Waals surface area contributed by atoms with Gasteiger partial charge < -0.3 is 35.2 Å². The number of rotatable bonds is 6. The summed E-state index contributed by atoms with van der Waals surface area (Å²) in [5, 5.41) is 0. The number of hydrogen-bond acceptors (Lipinski definition) is 2. The first kappa shape index (κ1) is 40.5. The molecule has 0 saturated heterocycles. The minimum atomic E-state index is -1.66. The molecule has 0 rings (SSSR count). The van der Waals surface area contributed by atoms with Crippen LogP contribution in [0.15, 0.2) is 0 Å². The first-order chi connectivity index (χ1) is 10.8. The molecule has 0 bridgehead atoms. The molecule has 0 saturated carbocycles. The molecule has 0 aromatic heterocycles. The van der Waals surface area contributed by atoms with Gasteiger partial charge in [-0.05, 0) is 79.8 Å². The molecule has 7 heteroatoms. The molecule has 176 valence electrons. The van der Waals surface area contributed by atoms with Crippen molar-refractivity contribution in [1.29, 1.82) is 0 Å². The van der Waals surface area contributed by atoms with Crippen molar-refractivity contribution in [2.75, 3.05) is 0 Å². The van der Waals surface area contributed by atoms with Crippen LogP contribution in [0.5, 0.6) is 0 Å². The van der Waals surface area contributed by atoms with Crippen molar-refractivity contribution in [2.24, 2.45) is 0 Å². The molecular weight excluding hydrogens is 472 g/mol. The summed E-state index contributed by atoms with van der Waals surface area (Å²) >= 11 is 0. The average Bonchev–Trinajstić information content (AvgIpc) is 1.97. The molecule has 0 aliphatic carbocycles. The summed E-state index contributed by atoms with van der Waals surface area (Å²) in [5.74, 6) is 0. The standard InChI is InChI=1S/2C10H24NOSi.2CH3.Zr/c2*1-9(2,3)12-13(6,7)8-10(4,5)11;;;/h2*11H,8H2,1-7H3;2*1H3;/q4*-1;+4. The van der Waals surface area contributed by atoms with E-state index < -0.39 is 16.6 Å². The largest absolute Gasteiger partial charge is 4.00 e. The van der Waals surface area contributed by atoms with Crippen LogP contribution < -0.4 is 0 Å². The first-order valence-corrected chi connectivity index (χ1v) is 16.0. The van der Waals surface area contributed by atoms with Gasteiger partial charge in [0, 0.05) is 11.2 Å². The Morgan fingerprint density at radius 3 is 0.828 bits per heavy atom. The van der Waals surface area contributed by atoms with E-state index >= 15 is 0 Å². The van der Waals surface area contributed by atoms with E-state index in [0.29, 0.717) is 0 Å². The van der Waals surface area contributed by atoms with E-state index in [2.05, 4.69) is 67.7 Å². The fraction of sp³-hybridized carbons (Fsp3) is 0.909. The second-order valence-corrected chi connectivity index (χ2v) is 20.2. The van der Waals surface area contributed by atoms with Crippen LogP contribution in [0.1, 0.15) is 69.2 Å². The molecule has 0 spiro atoms. The summed E-state index contributed by atoms with van der Waals surface area (Å²) in [6.07, 6.45) is 0. The normalized spacial score (nSPS) is 13.2. The van der Waals surface area contributed by atoms with E-state index in [9.17, 15) is 0 Å². The zero-order valence-electron chi connectivity index (χ0n) is 22.7. The molecule has 0 aliphatic heterocycles. The molecular formula is C22H54N2O2Si2Zr. The van der Waals surface area contributed by atoms with Gasteiger partial charge in [-0.3, -0.25) is 0 Å². The van der Waals surface area contributed by atoms with Gasteiger partial charge in [-0.2, -0.15) is 0 Å². The van der Waals surface area contributed by atoms with Crippen molar-refractivity contribution in [3.63, 3.8) is 0 Å². The predicted octanol–water partition coefficient (Wildman–Crippen LogP) is 8.57. The Balaban J connectivity index is -0.000000120. The molecule has 0 aromatic carbocycles. The van der Waals surface area contributed by atoms with E-state index in [-0.39, 0.29) is 63.3 Å². The molecule has 0 fully saturated rings. The third-order valence-corrected chi connectivity index (χ3v) is 8.70. The molecule has 4 nitrogen and oxygen atoms in total. The Labute approximate surface area is 207 Å². The molecule has 29 heavy (non-hydrogen) atoms. The molecule has 0 aliphatic rings. The summed E-state index contributed by atoms with van der Waals surface area (Å²) in [5.41, 5.74) is 14.8. The van der Waals surface area contributed by atoms with Crippen LogP contribution in [0, 0.1) is 14.9 Å². The Bertz CT molecular complexity index is 340. The van der Waals surface area contributed by atoms with Gasteiger partial charge in [-0.15, -0.1) is 11.1 Å². The summed E-state index contributed by atoms with van der Waals surface area (Å²) < 4.78 is 12.0. The molecule has 0 radical (unpaired) electrons. The van der Waals surface area contributed by atoms with Gasteiger partial charge in [0.2, 0.25) is 0 Å². The topological polar surface area (TPSA) is 66.1 Å². The van der Waals surface area contributed by atoms with Crippen LogP contribution in [0.25, 0.3) is 11.5 Å². The Kier molecular flexibility index (Phi) is 19.1. The minimum Gasteiger partial charge on any atom is -0.672 e. The van der Waals surface area contributed by atoms with Gasteiger partial charge in [0.1, 0.15) is 0 Å². The fourth-order valence-corrected chi connectivity index (χ4v) is 11.6. The second-order valence-electron chi connectivity index (χ2n) is 12.1. The summed E-state index contributed by atoms with van der Waals surface area (Å²) in [7, 11) is -3.32. The van der Waals surface area contributed by atoms with Crippen LogP contribution in [-0.4, -0.2) is 38.9 Å². The van der Waals surface area contributed by atoms with Crippen LogP contribution >= 0.6 is 0 Å². The Morgan fingerprint density at radius 2 is 0.724 bits per heavy atom. The van der Waals surface area contributed by atoms with Gasteiger partial charge in [-0.25, -0.2) is 0 Å². The van der Waals surface area contributed by atoms with E-state index in [1.807, 2.05) is 27.7 Å². The van der Waals surface area contributed by atoms with Gasteiger partial charge >= 0.3 is 26.2 Å². The zero-order chi connectivity index (χ0) is 21.8. The van der Waals surface area contributed by atoms with Crippen LogP contribution in [0.4, 0.5) is 0 Å². The van der Waals surface area contributed by atoms with Gasteiger partial charge in [0.25, 0.3) is 0 Å². The van der Waals surface area contributed by atoms with E-state index in [1.54, 1.807) is 0 Å². The summed E-state index contributed by atoms with van der Waals surface area (Å²) in [6.45, 7) is 29.1. The van der Waals surface area contributed by atoms with Crippen LogP contribution in [0.2, 0.25) is 38.3 Å². The molecule has 0 amide bonds. The second kappa shape index (κ2) is 13.6. The van der Waals surface area contributed by atoms with E-state index in [0.717, 1.165) is 12.1 Å². The van der Waals surface area contributed by atoms with E-state index in [4.69, 9.17) is 20.3 Å². The maximum atomic E-state index is 7.85. The fourth-order valence-electron chi connectivity index (χ4n) is 3.86. The van der Waals surface area contributed by atoms with Crippen LogP contribution in [-0.2, 0) is 35.1 Å². The maximum Gasteiger partial charge on any atom is 4.00 e. The molecule has 2 N–H and O–H groups in total. The van der Waals surface area contributed by atoms with Gasteiger partial charge in [0.15, 0.2) is 16.6 Å². The van der Waals surface area contributed by atoms with E-state index in [1.165, 1.54) is 0 Å². The Hall–Kier alpha value is 1.16. The number of hydrogen-bond donors (Lipinski definition) is 0. The first-order valence-electron chi connectivity index (χ1n) is 9.73. The molecule has 0 heterocycles. The number of nitrogens with one attached hydrogen (secondary N) is 2. The third kappa shape index (κ3) is 34.0. The van der Waals surface area contributed by atoms with Crippen molar-refractivity contribution < 1.29 is 35.1 Å². The zero-order valence-corrected chi connectivity index (χ0v) is 27.2. The van der Waals surface area contributed by atoms with Crippen molar-refractivity contribution in [2.45, 2.75) is 130 Å². The summed E-state index contributed by atoms with van der Waals surface area (Å²) in [6, 6.07) is 1.77. The van der Waals surface area contributed by atoms with Gasteiger partial charge in [-0.1, -0.05) is 27.7 Å². The molecule has 0 aromatic rings. The Morgan fingerprint density at radius 1 is 0.552 bits per heavy atom. The van der Waals surface area contributed by atoms with Crippen molar-refractivity contribution in [1.82, 2.24) is 0 Å². The third-order valence-electron chi connectivity index (χ3n) is 2.90. The SMILES string of the molecule is CC(C)([NH-])C[Si](C)(C)OC(C)(C)C.CC(C)([NH-])C[Si](C)(C)OC(C)(C)C.[CH3-].[CH3-].[Zr+4]. The quantitative estimate of drug-likeness (QED) is 0.257. The van der Waals surface area contributed by atoms with Crippen molar-refractivity contribution in [3.8, 4) is 0 Å². The minimum absolute atomic E-state index is 0. The van der Waals surface area contributed by atoms with Crippen LogP contribution in [0.3, 0.4) is 0 Å². The molecule has 0 atom stereocenters. The van der Waals surface area contributed by atoms with Crippen molar-refractivity contribution in [3.05, 3.63) is 26.3 Å². The predicted molar refractivity (Wildman–Crippen MR) is 136 cm³/mol. The average molecular weight is 526 g/mol. The van der Waals surface area contributed by atoms with Crippen molar-refractivity contribution >= 4 is 16.6 Å². The smallest absolute Gasteiger partial charge is 0.672 e. The monoisotopic (exact) mass is 524 g/mol. The van der Waals surface area contributed by atoms with Gasteiger partial charge in [0.05, 0.1) is 0 Å². The summed E-state index contributed by atoms with van der Waals surface area (Å²) in [4.78, 5) is 0. The molecule has 0 unspecified atom stereocenters. The maximum absolute atomic E-state index is 7.85.